The number of carbonyl (C=O) groups excluding carboxylic acids is 3. The number of hydrogen-bond acceptors (Lipinski definition) is 5. The minimum Gasteiger partial charge on any atom is -0.479 e. The summed E-state index contributed by atoms with van der Waals surface area (Å²) in [7, 11) is 1.41. The minimum absolute atomic E-state index is 0.0118. The Morgan fingerprint density at radius 3 is 2.48 bits per heavy atom. The van der Waals surface area contributed by atoms with Gasteiger partial charge in [-0.1, -0.05) is 23.2 Å². The lowest BCUT2D eigenvalue weighted by atomic mass is 10.1. The molecular weight excluding hydrogens is 437 g/mol. The highest BCUT2D eigenvalue weighted by Crippen LogP contribution is 2.28. The lowest BCUT2D eigenvalue weighted by Crippen LogP contribution is -2.42. The van der Waals surface area contributed by atoms with Gasteiger partial charge in [-0.2, -0.15) is 0 Å². The number of carbonyl (C=O) groups is 3. The van der Waals surface area contributed by atoms with Crippen molar-refractivity contribution < 1.29 is 19.1 Å². The summed E-state index contributed by atoms with van der Waals surface area (Å²) in [6.07, 6.45) is -0.888. The van der Waals surface area contributed by atoms with Crippen molar-refractivity contribution in [3.8, 4) is 5.75 Å². The Morgan fingerprint density at radius 2 is 1.79 bits per heavy atom. The number of ether oxygens (including phenoxy) is 1. The topological polar surface area (TPSA) is 87.7 Å². The van der Waals surface area contributed by atoms with Crippen LogP contribution in [-0.2, 0) is 4.79 Å². The molecule has 0 radical (unpaired) electrons. The highest BCUT2D eigenvalue weighted by molar-refractivity contribution is 7.80. The van der Waals surface area contributed by atoms with Gasteiger partial charge in [0.25, 0.3) is 17.7 Å². The number of imide groups is 1. The number of hydrogen-bond donors (Lipinski definition) is 2. The van der Waals surface area contributed by atoms with Crippen LogP contribution in [0.15, 0.2) is 36.4 Å². The molecular formula is C19H15Cl2N3O4S. The number of nitrogens with one attached hydrogen (secondary N) is 2. The zero-order valence-electron chi connectivity index (χ0n) is 15.3. The Kier molecular flexibility index (Phi) is 6.07. The Balaban J connectivity index is 1.61. The zero-order chi connectivity index (χ0) is 21.3. The number of benzene rings is 2. The first kappa shape index (κ1) is 21.0. The van der Waals surface area contributed by atoms with Crippen molar-refractivity contribution in [2.45, 2.75) is 13.0 Å². The van der Waals surface area contributed by atoms with Crippen LogP contribution < -0.4 is 15.4 Å². The lowest BCUT2D eigenvalue weighted by molar-refractivity contribution is -0.125. The molecule has 3 rings (SSSR count). The molecule has 2 N–H and O–H groups in total. The molecule has 0 fully saturated rings. The number of fused-ring (bicyclic) bond motifs is 1. The van der Waals surface area contributed by atoms with Crippen molar-refractivity contribution in [3.05, 3.63) is 57.6 Å². The van der Waals surface area contributed by atoms with E-state index in [9.17, 15) is 14.4 Å². The van der Waals surface area contributed by atoms with Gasteiger partial charge in [0.15, 0.2) is 11.2 Å². The number of nitrogens with zero attached hydrogens (tertiary/aromatic N) is 1. The summed E-state index contributed by atoms with van der Waals surface area (Å²) in [4.78, 5) is 37.3. The summed E-state index contributed by atoms with van der Waals surface area (Å²) in [5, 5.41) is 6.05. The average Bonchev–Trinajstić information content (AvgIpc) is 2.87. The molecule has 7 nitrogen and oxygen atoms in total. The molecule has 3 amide bonds. The number of amides is 3. The number of halogens is 2. The second-order valence-electron chi connectivity index (χ2n) is 6.21. The summed E-state index contributed by atoms with van der Waals surface area (Å²) < 4.78 is 5.53. The summed E-state index contributed by atoms with van der Waals surface area (Å²) >= 11 is 17.0. The second kappa shape index (κ2) is 8.36. The van der Waals surface area contributed by atoms with E-state index in [2.05, 4.69) is 10.6 Å². The molecule has 1 aliphatic heterocycles. The second-order valence-corrected chi connectivity index (χ2v) is 7.46. The van der Waals surface area contributed by atoms with Gasteiger partial charge in [-0.15, -0.1) is 0 Å². The predicted molar refractivity (Wildman–Crippen MR) is 114 cm³/mol. The molecule has 1 heterocycles. The molecule has 2 aromatic carbocycles. The maximum atomic E-state index is 12.3. The van der Waals surface area contributed by atoms with Crippen LogP contribution >= 0.6 is 35.4 Å². The third-order valence-corrected chi connectivity index (χ3v) is 4.89. The largest absolute Gasteiger partial charge is 0.479 e. The number of thiocarbonyl (C=S) groups is 1. The molecule has 0 aromatic heterocycles. The maximum Gasteiger partial charge on any atom is 0.266 e. The quantitative estimate of drug-likeness (QED) is 0.546. The van der Waals surface area contributed by atoms with E-state index in [0.29, 0.717) is 22.0 Å². The van der Waals surface area contributed by atoms with E-state index >= 15 is 0 Å². The fourth-order valence-electron chi connectivity index (χ4n) is 2.63. The Hall–Kier alpha value is -2.68. The predicted octanol–water partition coefficient (Wildman–Crippen LogP) is 3.50. The van der Waals surface area contributed by atoms with Crippen molar-refractivity contribution in [3.63, 3.8) is 0 Å². The molecule has 1 aliphatic rings. The average molecular weight is 452 g/mol. The van der Waals surface area contributed by atoms with E-state index in [-0.39, 0.29) is 21.6 Å². The van der Waals surface area contributed by atoms with Gasteiger partial charge in [-0.25, -0.2) is 0 Å². The van der Waals surface area contributed by atoms with Gasteiger partial charge in [-0.05, 0) is 55.5 Å². The van der Waals surface area contributed by atoms with Crippen LogP contribution in [0.3, 0.4) is 0 Å². The molecule has 150 valence electrons. The van der Waals surface area contributed by atoms with Crippen molar-refractivity contribution >= 4 is 63.9 Å². The van der Waals surface area contributed by atoms with Gasteiger partial charge < -0.3 is 10.1 Å². The molecule has 1 atom stereocenters. The first-order valence-electron chi connectivity index (χ1n) is 8.37. The van der Waals surface area contributed by atoms with Crippen LogP contribution in [0.2, 0.25) is 10.0 Å². The van der Waals surface area contributed by atoms with Crippen LogP contribution in [0.25, 0.3) is 0 Å². The summed E-state index contributed by atoms with van der Waals surface area (Å²) in [6, 6.07) is 9.29. The first-order chi connectivity index (χ1) is 13.7. The zero-order valence-corrected chi connectivity index (χ0v) is 17.6. The van der Waals surface area contributed by atoms with Gasteiger partial charge in [-0.3, -0.25) is 24.6 Å². The Morgan fingerprint density at radius 1 is 1.10 bits per heavy atom. The molecule has 0 spiro atoms. The fraction of sp³-hybridized carbons (Fsp3) is 0.158. The molecule has 0 saturated heterocycles. The van der Waals surface area contributed by atoms with Gasteiger partial charge in [0.05, 0.1) is 16.1 Å². The number of anilines is 1. The van der Waals surface area contributed by atoms with Gasteiger partial charge in [0.2, 0.25) is 0 Å². The van der Waals surface area contributed by atoms with Crippen molar-refractivity contribution in [1.82, 2.24) is 10.2 Å². The summed E-state index contributed by atoms with van der Waals surface area (Å²) in [5.41, 5.74) is 1.05. The van der Waals surface area contributed by atoms with E-state index in [1.54, 1.807) is 25.1 Å². The van der Waals surface area contributed by atoms with Crippen LogP contribution in [-0.4, -0.2) is 40.9 Å². The van der Waals surface area contributed by atoms with E-state index in [1.165, 1.54) is 25.2 Å². The maximum absolute atomic E-state index is 12.3. The Labute approximate surface area is 181 Å². The van der Waals surface area contributed by atoms with Crippen molar-refractivity contribution in [1.29, 1.82) is 0 Å². The van der Waals surface area contributed by atoms with Gasteiger partial charge >= 0.3 is 0 Å². The van der Waals surface area contributed by atoms with E-state index in [1.807, 2.05) is 0 Å². The molecule has 0 aliphatic carbocycles. The molecule has 0 unspecified atom stereocenters. The standard InChI is InChI=1S/C19H15Cl2N3O4S/c1-9(28-15-6-3-10(20)7-14(15)21)16(25)23-19(29)22-11-4-5-12-13(8-11)18(27)24(2)17(12)26/h3-9H,1-2H3,(H2,22,23,25,29)/t9-/m1/s1. The van der Waals surface area contributed by atoms with Crippen LogP contribution in [0.4, 0.5) is 5.69 Å². The summed E-state index contributed by atoms with van der Waals surface area (Å²) in [5.74, 6) is -0.950. The van der Waals surface area contributed by atoms with Gasteiger partial charge in [0, 0.05) is 17.8 Å². The van der Waals surface area contributed by atoms with Crippen LogP contribution in [0.5, 0.6) is 5.75 Å². The molecule has 2 aromatic rings. The SMILES string of the molecule is C[C@@H](Oc1ccc(Cl)cc1Cl)C(=O)NC(=S)Nc1ccc2c(c1)C(=O)N(C)C2=O. The monoisotopic (exact) mass is 451 g/mol. The summed E-state index contributed by atoms with van der Waals surface area (Å²) in [6.45, 7) is 1.54. The van der Waals surface area contributed by atoms with Crippen molar-refractivity contribution in [2.75, 3.05) is 12.4 Å². The van der Waals surface area contributed by atoms with E-state index in [4.69, 9.17) is 40.2 Å². The minimum atomic E-state index is -0.888. The highest BCUT2D eigenvalue weighted by atomic mass is 35.5. The third kappa shape index (κ3) is 4.50. The lowest BCUT2D eigenvalue weighted by Gasteiger charge is -2.16. The first-order valence-corrected chi connectivity index (χ1v) is 9.53. The van der Waals surface area contributed by atoms with Crippen molar-refractivity contribution in [2.24, 2.45) is 0 Å². The molecule has 0 bridgehead atoms. The van der Waals surface area contributed by atoms with Crippen LogP contribution in [0, 0.1) is 0 Å². The molecule has 10 heteroatoms. The number of rotatable bonds is 4. The molecule has 0 saturated carbocycles. The van der Waals surface area contributed by atoms with E-state index in [0.717, 1.165) is 4.90 Å². The Bertz CT molecular complexity index is 1040. The fourth-order valence-corrected chi connectivity index (χ4v) is 3.30. The third-order valence-electron chi connectivity index (χ3n) is 4.15. The smallest absolute Gasteiger partial charge is 0.266 e. The normalized spacial score (nSPS) is 13.7. The van der Waals surface area contributed by atoms with Gasteiger partial charge in [0.1, 0.15) is 5.75 Å². The highest BCUT2D eigenvalue weighted by Gasteiger charge is 2.32. The van der Waals surface area contributed by atoms with E-state index < -0.39 is 17.9 Å². The van der Waals surface area contributed by atoms with Crippen LogP contribution in [0.1, 0.15) is 27.6 Å². The molecule has 29 heavy (non-hydrogen) atoms.